The monoisotopic (exact) mass is 312 g/mol. The third kappa shape index (κ3) is 4.97. The summed E-state index contributed by atoms with van der Waals surface area (Å²) in [6.07, 6.45) is 5.84. The topological polar surface area (TPSA) is 44.0 Å². The van der Waals surface area contributed by atoms with E-state index >= 15 is 0 Å². The molecule has 1 aliphatic rings. The highest BCUT2D eigenvalue weighted by molar-refractivity contribution is 6.30. The number of nitrogens with zero attached hydrogens (tertiary/aromatic N) is 2. The molecule has 2 heterocycles. The molecule has 0 amide bonds. The fourth-order valence-electron chi connectivity index (χ4n) is 2.84. The van der Waals surface area contributed by atoms with Gasteiger partial charge < -0.3 is 15.2 Å². The number of halogens is 1. The minimum atomic E-state index is 0.407. The van der Waals surface area contributed by atoms with Crippen molar-refractivity contribution in [3.8, 4) is 0 Å². The van der Waals surface area contributed by atoms with Crippen LogP contribution in [-0.4, -0.2) is 41.5 Å². The number of aryl methyl sites for hydroxylation is 1. The molecule has 2 N–H and O–H groups in total. The second kappa shape index (κ2) is 7.61. The second-order valence-corrected chi connectivity index (χ2v) is 7.13. The van der Waals surface area contributed by atoms with Crippen molar-refractivity contribution in [3.05, 3.63) is 16.7 Å². The zero-order valence-electron chi connectivity index (χ0n) is 13.6. The van der Waals surface area contributed by atoms with Gasteiger partial charge in [0.1, 0.15) is 5.82 Å². The van der Waals surface area contributed by atoms with Gasteiger partial charge in [-0.25, -0.2) is 4.98 Å². The number of nitrogens with one attached hydrogen (secondary N) is 2. The van der Waals surface area contributed by atoms with Crippen LogP contribution in [0.1, 0.15) is 51.0 Å². The van der Waals surface area contributed by atoms with E-state index in [-0.39, 0.29) is 0 Å². The van der Waals surface area contributed by atoms with Gasteiger partial charge in [0.2, 0.25) is 0 Å². The summed E-state index contributed by atoms with van der Waals surface area (Å²) in [5, 5.41) is 4.19. The van der Waals surface area contributed by atoms with E-state index < -0.39 is 0 Å². The average molecular weight is 313 g/mol. The molecule has 1 fully saturated rings. The summed E-state index contributed by atoms with van der Waals surface area (Å²) in [6.45, 7) is 8.79. The lowest BCUT2D eigenvalue weighted by atomic mass is 9.80. The van der Waals surface area contributed by atoms with Crippen molar-refractivity contribution in [2.75, 3.05) is 26.7 Å². The Labute approximate surface area is 133 Å². The van der Waals surface area contributed by atoms with Gasteiger partial charge in [-0.3, -0.25) is 0 Å². The van der Waals surface area contributed by atoms with Gasteiger partial charge in [0.15, 0.2) is 5.15 Å². The predicted octanol–water partition coefficient (Wildman–Crippen LogP) is 3.23. The lowest BCUT2D eigenvalue weighted by Gasteiger charge is -2.38. The Kier molecular flexibility index (Phi) is 6.08. The van der Waals surface area contributed by atoms with E-state index in [4.69, 9.17) is 11.6 Å². The molecule has 2 rings (SSSR count). The molecule has 1 aromatic rings. The summed E-state index contributed by atoms with van der Waals surface area (Å²) in [6, 6.07) is 0. The third-order valence-electron chi connectivity index (χ3n) is 4.59. The molecule has 0 atom stereocenters. The molecular weight excluding hydrogens is 284 g/mol. The first kappa shape index (κ1) is 16.8. The quantitative estimate of drug-likeness (QED) is 0.812. The van der Waals surface area contributed by atoms with E-state index in [0.29, 0.717) is 10.6 Å². The number of H-pyrrole nitrogens is 1. The van der Waals surface area contributed by atoms with Crippen molar-refractivity contribution in [3.63, 3.8) is 0 Å². The van der Waals surface area contributed by atoms with Gasteiger partial charge >= 0.3 is 0 Å². The normalized spacial score (nSPS) is 19.0. The molecular formula is C16H29ClN4. The molecule has 5 heteroatoms. The SMILES string of the molecule is CCCCc1nc(Cl)c(CNCC2(C)CCN(C)CC2)[nH]1. The van der Waals surface area contributed by atoms with Crippen LogP contribution in [0.25, 0.3) is 0 Å². The Hall–Kier alpha value is -0.580. The molecule has 0 radical (unpaired) electrons. The Balaban J connectivity index is 1.79. The van der Waals surface area contributed by atoms with Gasteiger partial charge in [0.25, 0.3) is 0 Å². The number of aromatic nitrogens is 2. The van der Waals surface area contributed by atoms with Crippen molar-refractivity contribution >= 4 is 11.6 Å². The number of unbranched alkanes of at least 4 members (excludes halogenated alkanes) is 1. The van der Waals surface area contributed by atoms with Crippen molar-refractivity contribution in [1.29, 1.82) is 0 Å². The summed E-state index contributed by atoms with van der Waals surface area (Å²) < 4.78 is 0. The number of hydrogen-bond donors (Lipinski definition) is 2. The minimum Gasteiger partial charge on any atom is -0.344 e. The fraction of sp³-hybridized carbons (Fsp3) is 0.812. The Morgan fingerprint density at radius 1 is 1.38 bits per heavy atom. The summed E-state index contributed by atoms with van der Waals surface area (Å²) in [4.78, 5) is 10.2. The third-order valence-corrected chi connectivity index (χ3v) is 4.90. The predicted molar refractivity (Wildman–Crippen MR) is 88.8 cm³/mol. The van der Waals surface area contributed by atoms with Crippen LogP contribution in [0.2, 0.25) is 5.15 Å². The molecule has 0 bridgehead atoms. The largest absolute Gasteiger partial charge is 0.344 e. The maximum atomic E-state index is 6.21. The van der Waals surface area contributed by atoms with Crippen molar-refractivity contribution in [2.24, 2.45) is 5.41 Å². The molecule has 0 aliphatic carbocycles. The van der Waals surface area contributed by atoms with Gasteiger partial charge in [-0.2, -0.15) is 0 Å². The standard InChI is InChI=1S/C16H29ClN4/c1-4-5-6-14-19-13(15(17)20-14)11-18-12-16(2)7-9-21(3)10-8-16/h18H,4-12H2,1-3H3,(H,19,20). The van der Waals surface area contributed by atoms with E-state index in [0.717, 1.165) is 37.4 Å². The number of aromatic amines is 1. The Morgan fingerprint density at radius 2 is 2.10 bits per heavy atom. The van der Waals surface area contributed by atoms with Crippen molar-refractivity contribution in [1.82, 2.24) is 20.2 Å². The first-order valence-electron chi connectivity index (χ1n) is 8.15. The van der Waals surface area contributed by atoms with Crippen molar-refractivity contribution < 1.29 is 0 Å². The maximum Gasteiger partial charge on any atom is 0.151 e. The van der Waals surface area contributed by atoms with Crippen LogP contribution in [0.3, 0.4) is 0 Å². The van der Waals surface area contributed by atoms with Gasteiger partial charge in [0, 0.05) is 19.5 Å². The van der Waals surface area contributed by atoms with E-state index in [1.165, 1.54) is 32.4 Å². The molecule has 0 spiro atoms. The van der Waals surface area contributed by atoms with E-state index in [9.17, 15) is 0 Å². The van der Waals surface area contributed by atoms with Crippen LogP contribution < -0.4 is 5.32 Å². The Bertz CT molecular complexity index is 435. The summed E-state index contributed by atoms with van der Waals surface area (Å²) in [7, 11) is 2.20. The first-order valence-corrected chi connectivity index (χ1v) is 8.53. The maximum absolute atomic E-state index is 6.21. The molecule has 0 unspecified atom stereocenters. The molecule has 1 aromatic heterocycles. The molecule has 1 aliphatic heterocycles. The van der Waals surface area contributed by atoms with E-state index in [2.05, 4.69) is 41.1 Å². The van der Waals surface area contributed by atoms with Crippen LogP contribution in [-0.2, 0) is 13.0 Å². The number of likely N-dealkylation sites (tertiary alicyclic amines) is 1. The summed E-state index contributed by atoms with van der Waals surface area (Å²) >= 11 is 6.21. The van der Waals surface area contributed by atoms with Gasteiger partial charge in [-0.1, -0.05) is 31.9 Å². The highest BCUT2D eigenvalue weighted by atomic mass is 35.5. The zero-order valence-corrected chi connectivity index (χ0v) is 14.4. The first-order chi connectivity index (χ1) is 10.0. The molecule has 21 heavy (non-hydrogen) atoms. The number of imidazole rings is 1. The number of piperidine rings is 1. The van der Waals surface area contributed by atoms with E-state index in [1.807, 2.05) is 0 Å². The minimum absolute atomic E-state index is 0.407. The van der Waals surface area contributed by atoms with Gasteiger partial charge in [-0.15, -0.1) is 0 Å². The van der Waals surface area contributed by atoms with Crippen molar-refractivity contribution in [2.45, 2.75) is 52.5 Å². The summed E-state index contributed by atoms with van der Waals surface area (Å²) in [5.41, 5.74) is 1.43. The molecule has 120 valence electrons. The fourth-order valence-corrected chi connectivity index (χ4v) is 3.06. The number of hydrogen-bond acceptors (Lipinski definition) is 3. The number of rotatable bonds is 7. The van der Waals surface area contributed by atoms with E-state index in [1.54, 1.807) is 0 Å². The molecule has 0 aromatic carbocycles. The summed E-state index contributed by atoms with van der Waals surface area (Å²) in [5.74, 6) is 1.02. The smallest absolute Gasteiger partial charge is 0.151 e. The van der Waals surface area contributed by atoms with Gasteiger partial charge in [0.05, 0.1) is 5.69 Å². The lowest BCUT2D eigenvalue weighted by molar-refractivity contribution is 0.136. The zero-order chi connectivity index (χ0) is 15.3. The lowest BCUT2D eigenvalue weighted by Crippen LogP contribution is -2.41. The van der Waals surface area contributed by atoms with Crippen LogP contribution >= 0.6 is 11.6 Å². The van der Waals surface area contributed by atoms with Crippen LogP contribution in [0.5, 0.6) is 0 Å². The average Bonchev–Trinajstić information content (AvgIpc) is 2.81. The highest BCUT2D eigenvalue weighted by Gasteiger charge is 2.28. The van der Waals surface area contributed by atoms with Gasteiger partial charge in [-0.05, 0) is 44.8 Å². The van der Waals surface area contributed by atoms with Crippen LogP contribution in [0.4, 0.5) is 0 Å². The van der Waals surface area contributed by atoms with Crippen LogP contribution in [0, 0.1) is 5.41 Å². The van der Waals surface area contributed by atoms with Crippen LogP contribution in [0.15, 0.2) is 0 Å². The second-order valence-electron chi connectivity index (χ2n) is 6.77. The molecule has 4 nitrogen and oxygen atoms in total. The molecule has 1 saturated heterocycles. The molecule has 0 saturated carbocycles. The Morgan fingerprint density at radius 3 is 2.76 bits per heavy atom. The highest BCUT2D eigenvalue weighted by Crippen LogP contribution is 2.29.